The molecule has 0 spiro atoms. The number of benzene rings is 2. The highest BCUT2D eigenvalue weighted by Crippen LogP contribution is 2.27. The fourth-order valence-corrected chi connectivity index (χ4v) is 4.19. The van der Waals surface area contributed by atoms with Crippen LogP contribution in [0.2, 0.25) is 5.02 Å². The number of hydrogen-bond acceptors (Lipinski definition) is 5. The first-order chi connectivity index (χ1) is 12.8. The molecule has 134 valence electrons. The summed E-state index contributed by atoms with van der Waals surface area (Å²) >= 11 is 7.58. The Bertz CT molecular complexity index is 827. The molecule has 2 aromatic carbocycles. The maximum absolute atomic E-state index is 5.96. The maximum atomic E-state index is 5.96. The van der Waals surface area contributed by atoms with E-state index in [1.165, 1.54) is 5.56 Å². The highest BCUT2D eigenvalue weighted by atomic mass is 35.5. The zero-order chi connectivity index (χ0) is 17.8. The van der Waals surface area contributed by atoms with Gasteiger partial charge in [0, 0.05) is 36.3 Å². The third-order valence-electron chi connectivity index (χ3n) is 4.68. The van der Waals surface area contributed by atoms with Crippen molar-refractivity contribution in [3.63, 3.8) is 0 Å². The number of nitrogens with one attached hydrogen (secondary N) is 1. The molecule has 2 heterocycles. The highest BCUT2D eigenvalue weighted by Gasteiger charge is 2.20. The largest absolute Gasteiger partial charge is 0.357 e. The van der Waals surface area contributed by atoms with Crippen molar-refractivity contribution in [3.8, 4) is 10.6 Å². The van der Waals surface area contributed by atoms with Crippen molar-refractivity contribution in [2.75, 3.05) is 18.4 Å². The molecule has 0 radical (unpaired) electrons. The zero-order valence-electron chi connectivity index (χ0n) is 14.4. The molecule has 1 fully saturated rings. The summed E-state index contributed by atoms with van der Waals surface area (Å²) in [6.45, 7) is 3.16. The van der Waals surface area contributed by atoms with E-state index >= 15 is 0 Å². The number of rotatable bonds is 5. The molecule has 4 rings (SSSR count). The van der Waals surface area contributed by atoms with Gasteiger partial charge in [0.05, 0.1) is 0 Å². The molecule has 1 N–H and O–H groups in total. The molecule has 1 aromatic heterocycles. The standard InChI is InChI=1S/C20H21ClN4S/c21-17-8-6-15(7-9-17)14-25-12-10-18(11-13-25)22-20-24-23-19(26-20)16-4-2-1-3-5-16/h1-9,18H,10-14H2,(H,22,24). The number of hydrogen-bond donors (Lipinski definition) is 1. The Labute approximate surface area is 162 Å². The maximum Gasteiger partial charge on any atom is 0.206 e. The van der Waals surface area contributed by atoms with Crippen LogP contribution in [-0.4, -0.2) is 34.2 Å². The van der Waals surface area contributed by atoms with Crippen molar-refractivity contribution in [1.29, 1.82) is 0 Å². The minimum Gasteiger partial charge on any atom is -0.357 e. The Kier molecular flexibility index (Phi) is 5.48. The number of aromatic nitrogens is 2. The molecule has 1 saturated heterocycles. The van der Waals surface area contributed by atoms with Crippen LogP contribution >= 0.6 is 22.9 Å². The normalized spacial score (nSPS) is 15.9. The van der Waals surface area contributed by atoms with E-state index in [1.807, 2.05) is 30.3 Å². The van der Waals surface area contributed by atoms with Crippen molar-refractivity contribution in [2.45, 2.75) is 25.4 Å². The molecule has 0 atom stereocenters. The minimum atomic E-state index is 0.466. The lowest BCUT2D eigenvalue weighted by atomic mass is 10.0. The van der Waals surface area contributed by atoms with Gasteiger partial charge in [0.15, 0.2) is 0 Å². The Balaban J connectivity index is 1.29. The average Bonchev–Trinajstić information content (AvgIpc) is 3.14. The van der Waals surface area contributed by atoms with Gasteiger partial charge in [0.25, 0.3) is 0 Å². The van der Waals surface area contributed by atoms with Gasteiger partial charge in [-0.2, -0.15) is 0 Å². The molecule has 3 aromatic rings. The van der Waals surface area contributed by atoms with Crippen molar-refractivity contribution in [1.82, 2.24) is 15.1 Å². The second-order valence-corrected chi connectivity index (χ2v) is 8.01. The van der Waals surface area contributed by atoms with Gasteiger partial charge in [-0.05, 0) is 30.5 Å². The smallest absolute Gasteiger partial charge is 0.206 e. The number of anilines is 1. The molecule has 0 unspecified atom stereocenters. The van der Waals surface area contributed by atoms with Crippen molar-refractivity contribution in [2.24, 2.45) is 0 Å². The molecule has 1 aliphatic rings. The van der Waals surface area contributed by atoms with Gasteiger partial charge in [-0.25, -0.2) is 0 Å². The predicted octanol–water partition coefficient (Wildman–Crippen LogP) is 4.94. The average molecular weight is 385 g/mol. The van der Waals surface area contributed by atoms with E-state index in [0.717, 1.165) is 53.2 Å². The van der Waals surface area contributed by atoms with E-state index in [-0.39, 0.29) is 0 Å². The Morgan fingerprint density at radius 2 is 1.73 bits per heavy atom. The lowest BCUT2D eigenvalue weighted by Gasteiger charge is -2.32. The summed E-state index contributed by atoms with van der Waals surface area (Å²) in [4.78, 5) is 2.50. The second-order valence-electron chi connectivity index (χ2n) is 6.60. The van der Waals surface area contributed by atoms with Crippen LogP contribution < -0.4 is 5.32 Å². The van der Waals surface area contributed by atoms with Gasteiger partial charge in [-0.15, -0.1) is 10.2 Å². The van der Waals surface area contributed by atoms with Crippen molar-refractivity contribution < 1.29 is 0 Å². The molecule has 1 aliphatic heterocycles. The Morgan fingerprint density at radius 3 is 2.46 bits per heavy atom. The number of halogens is 1. The van der Waals surface area contributed by atoms with Crippen LogP contribution in [0.1, 0.15) is 18.4 Å². The minimum absolute atomic E-state index is 0.466. The number of likely N-dealkylation sites (tertiary alicyclic amines) is 1. The van der Waals surface area contributed by atoms with Crippen LogP contribution in [-0.2, 0) is 6.54 Å². The van der Waals surface area contributed by atoms with E-state index in [9.17, 15) is 0 Å². The topological polar surface area (TPSA) is 41.0 Å². The molecule has 0 aliphatic carbocycles. The first-order valence-electron chi connectivity index (χ1n) is 8.88. The van der Waals surface area contributed by atoms with Gasteiger partial charge in [-0.1, -0.05) is 65.4 Å². The van der Waals surface area contributed by atoms with Crippen LogP contribution in [0.3, 0.4) is 0 Å². The fraction of sp³-hybridized carbons (Fsp3) is 0.300. The molecule has 0 amide bonds. The first-order valence-corrected chi connectivity index (χ1v) is 10.1. The highest BCUT2D eigenvalue weighted by molar-refractivity contribution is 7.18. The van der Waals surface area contributed by atoms with Gasteiger partial charge in [-0.3, -0.25) is 4.90 Å². The fourth-order valence-electron chi connectivity index (χ4n) is 3.24. The van der Waals surface area contributed by atoms with Crippen LogP contribution in [0.5, 0.6) is 0 Å². The third-order valence-corrected chi connectivity index (χ3v) is 5.84. The SMILES string of the molecule is Clc1ccc(CN2CCC(Nc3nnc(-c4ccccc4)s3)CC2)cc1. The summed E-state index contributed by atoms with van der Waals surface area (Å²) in [6.07, 6.45) is 2.24. The third kappa shape index (κ3) is 4.41. The summed E-state index contributed by atoms with van der Waals surface area (Å²) < 4.78 is 0. The number of piperidine rings is 1. The van der Waals surface area contributed by atoms with Crippen molar-refractivity contribution in [3.05, 3.63) is 65.2 Å². The second kappa shape index (κ2) is 8.16. The lowest BCUT2D eigenvalue weighted by Crippen LogP contribution is -2.38. The van der Waals surface area contributed by atoms with E-state index < -0.39 is 0 Å². The molecule has 0 bridgehead atoms. The molecular formula is C20H21ClN4S. The first kappa shape index (κ1) is 17.5. The van der Waals surface area contributed by atoms with Crippen LogP contribution in [0, 0.1) is 0 Å². The zero-order valence-corrected chi connectivity index (χ0v) is 16.0. The summed E-state index contributed by atoms with van der Waals surface area (Å²) in [6, 6.07) is 18.8. The van der Waals surface area contributed by atoms with E-state index in [0.29, 0.717) is 6.04 Å². The molecule has 26 heavy (non-hydrogen) atoms. The molecule has 0 saturated carbocycles. The lowest BCUT2D eigenvalue weighted by molar-refractivity contribution is 0.211. The van der Waals surface area contributed by atoms with Gasteiger partial charge < -0.3 is 5.32 Å². The Morgan fingerprint density at radius 1 is 1.00 bits per heavy atom. The van der Waals surface area contributed by atoms with E-state index in [2.05, 4.69) is 44.7 Å². The van der Waals surface area contributed by atoms with Gasteiger partial charge in [0.2, 0.25) is 5.13 Å². The quantitative estimate of drug-likeness (QED) is 0.676. The van der Waals surface area contributed by atoms with Crippen LogP contribution in [0.25, 0.3) is 10.6 Å². The molecular weight excluding hydrogens is 364 g/mol. The van der Waals surface area contributed by atoms with Gasteiger partial charge >= 0.3 is 0 Å². The number of nitrogens with zero attached hydrogens (tertiary/aromatic N) is 3. The summed E-state index contributed by atoms with van der Waals surface area (Å²) in [5.41, 5.74) is 2.44. The van der Waals surface area contributed by atoms with Crippen LogP contribution in [0.15, 0.2) is 54.6 Å². The summed E-state index contributed by atoms with van der Waals surface area (Å²) in [7, 11) is 0. The van der Waals surface area contributed by atoms with Crippen LogP contribution in [0.4, 0.5) is 5.13 Å². The molecule has 6 heteroatoms. The summed E-state index contributed by atoms with van der Waals surface area (Å²) in [5, 5.41) is 14.9. The van der Waals surface area contributed by atoms with Gasteiger partial charge in [0.1, 0.15) is 5.01 Å². The molecule has 4 nitrogen and oxygen atoms in total. The van der Waals surface area contributed by atoms with Crippen molar-refractivity contribution >= 4 is 28.1 Å². The monoisotopic (exact) mass is 384 g/mol. The summed E-state index contributed by atoms with van der Waals surface area (Å²) in [5.74, 6) is 0. The van der Waals surface area contributed by atoms with E-state index in [1.54, 1.807) is 11.3 Å². The van der Waals surface area contributed by atoms with E-state index in [4.69, 9.17) is 11.6 Å². The predicted molar refractivity (Wildman–Crippen MR) is 109 cm³/mol. The Hall–Kier alpha value is -1.95.